The summed E-state index contributed by atoms with van der Waals surface area (Å²) in [6.45, 7) is 8.88. The van der Waals surface area contributed by atoms with Crippen LogP contribution in [0.1, 0.15) is 6.92 Å². The number of hydrogen-bond donors (Lipinski definition) is 0. The highest BCUT2D eigenvalue weighted by atomic mass is 14.5. The summed E-state index contributed by atoms with van der Waals surface area (Å²) in [7, 11) is 0. The highest BCUT2D eigenvalue weighted by Crippen LogP contribution is 1.62. The fraction of sp³-hybridized carbons (Fsp3) is 0.143. The first-order valence-electron chi connectivity index (χ1n) is 2.42. The van der Waals surface area contributed by atoms with E-state index >= 15 is 0 Å². The van der Waals surface area contributed by atoms with Gasteiger partial charge in [-0.05, 0) is 0 Å². The molecule has 0 radical (unpaired) electrons. The minimum Gasteiger partial charge on any atom is -0.0980 e. The van der Waals surface area contributed by atoms with Gasteiger partial charge in [0, 0.05) is 19.1 Å². The van der Waals surface area contributed by atoms with Gasteiger partial charge in [-0.2, -0.15) is 0 Å². The number of allylic oxidation sites excluding steroid dienone is 2. The van der Waals surface area contributed by atoms with Gasteiger partial charge in [-0.1, -0.05) is 17.8 Å². The van der Waals surface area contributed by atoms with Crippen LogP contribution >= 0.6 is 0 Å². The van der Waals surface area contributed by atoms with Crippen molar-refractivity contribution in [1.82, 2.24) is 4.67 Å². The van der Waals surface area contributed by atoms with Gasteiger partial charge in [-0.3, -0.25) is 0 Å². The van der Waals surface area contributed by atoms with Crippen LogP contribution in [0.2, 0.25) is 0 Å². The topological polar surface area (TPSA) is 14.1 Å². The van der Waals surface area contributed by atoms with Crippen LogP contribution in [-0.4, -0.2) is 11.9 Å². The second-order valence-corrected chi connectivity index (χ2v) is 1.36. The van der Waals surface area contributed by atoms with Crippen molar-refractivity contribution < 1.29 is 0 Å². The molecule has 0 aromatic rings. The minimum atomic E-state index is 0.907. The van der Waals surface area contributed by atoms with Crippen molar-refractivity contribution >= 4 is 11.9 Å². The van der Waals surface area contributed by atoms with Crippen LogP contribution in [0.5, 0.6) is 0 Å². The van der Waals surface area contributed by atoms with Crippen LogP contribution in [0.4, 0.5) is 0 Å². The van der Waals surface area contributed by atoms with Gasteiger partial charge in [0.15, 0.2) is 0 Å². The molecule has 42 valence electrons. The van der Waals surface area contributed by atoms with E-state index in [1.54, 1.807) is 18.4 Å². The summed E-state index contributed by atoms with van der Waals surface area (Å²) in [5.41, 5.74) is 0.907. The third-order valence-corrected chi connectivity index (χ3v) is 0.679. The first kappa shape index (κ1) is 6.93. The summed E-state index contributed by atoms with van der Waals surface area (Å²) in [6, 6.07) is 0. The molecule has 0 N–H and O–H groups in total. The van der Waals surface area contributed by atoms with Crippen molar-refractivity contribution in [3.05, 3.63) is 25.3 Å². The molecule has 0 saturated carbocycles. The van der Waals surface area contributed by atoms with E-state index in [-0.39, 0.29) is 0 Å². The Labute approximate surface area is 49.8 Å². The summed E-state index contributed by atoms with van der Waals surface area (Å²) < 4.78 is 3.92. The zero-order chi connectivity index (χ0) is 6.41. The second-order valence-electron chi connectivity index (χ2n) is 1.36. The molecule has 0 fully saturated rings. The lowest BCUT2D eigenvalue weighted by molar-refractivity contribution is 1.64. The molecule has 0 spiro atoms. The maximum Gasteiger partial charge on any atom is 0.300 e. The molecule has 8 heavy (non-hydrogen) atoms. The summed E-state index contributed by atoms with van der Waals surface area (Å²) in [5, 5.41) is 0. The van der Waals surface area contributed by atoms with E-state index in [1.807, 2.05) is 6.92 Å². The fourth-order valence-electron chi connectivity index (χ4n) is 0.223. The van der Waals surface area contributed by atoms with E-state index in [9.17, 15) is 0 Å². The molecular formula is C7H10N+. The minimum absolute atomic E-state index is 0.907. The molecule has 0 aliphatic heterocycles. The van der Waals surface area contributed by atoms with Crippen molar-refractivity contribution in [1.29, 1.82) is 0 Å². The zero-order valence-electron chi connectivity index (χ0n) is 5.09. The standard InChI is InChI=1S/C7H10N/c1-4-6-8-7(3)5-2/h4-6H,1-2H2,3H3/q+1. The molecule has 0 atom stereocenters. The number of rotatable bonds is 2. The van der Waals surface area contributed by atoms with Crippen molar-refractivity contribution in [2.45, 2.75) is 6.92 Å². The predicted octanol–water partition coefficient (Wildman–Crippen LogP) is 0.957. The van der Waals surface area contributed by atoms with E-state index in [1.165, 1.54) is 0 Å². The summed E-state index contributed by atoms with van der Waals surface area (Å²) in [4.78, 5) is 0. The summed E-state index contributed by atoms with van der Waals surface area (Å²) in [5.74, 6) is 0. The van der Waals surface area contributed by atoms with Crippen LogP contribution < -0.4 is 4.67 Å². The average molecular weight is 108 g/mol. The molecule has 0 aromatic carbocycles. The van der Waals surface area contributed by atoms with Gasteiger partial charge in [0.2, 0.25) is 0 Å². The van der Waals surface area contributed by atoms with Crippen LogP contribution in [0.15, 0.2) is 25.3 Å². The van der Waals surface area contributed by atoms with Gasteiger partial charge in [-0.25, -0.2) is 0 Å². The molecular weight excluding hydrogens is 98.1 g/mol. The molecule has 0 aromatic heterocycles. The third-order valence-electron chi connectivity index (χ3n) is 0.679. The molecule has 0 aliphatic rings. The molecule has 0 saturated heterocycles. The highest BCUT2D eigenvalue weighted by Gasteiger charge is 1.85. The zero-order valence-corrected chi connectivity index (χ0v) is 5.09. The second kappa shape index (κ2) is 4.10. The van der Waals surface area contributed by atoms with Crippen LogP contribution in [0.3, 0.4) is 0 Å². The number of nitrogens with zero attached hydrogens (tertiary/aromatic N) is 1. The molecule has 0 heterocycles. The lowest BCUT2D eigenvalue weighted by Gasteiger charge is -1.59. The van der Waals surface area contributed by atoms with Gasteiger partial charge in [0.25, 0.3) is 11.9 Å². The first-order chi connectivity index (χ1) is 3.81. The lowest BCUT2D eigenvalue weighted by atomic mass is 10.4. The Balaban J connectivity index is 4.11. The Morgan fingerprint density at radius 3 is 2.50 bits per heavy atom. The van der Waals surface area contributed by atoms with Crippen LogP contribution in [0.25, 0.3) is 0 Å². The summed E-state index contributed by atoms with van der Waals surface area (Å²) in [6.07, 6.45) is 4.96. The quantitative estimate of drug-likeness (QED) is 0.369. The van der Waals surface area contributed by atoms with Gasteiger partial charge < -0.3 is 0 Å². The summed E-state index contributed by atoms with van der Waals surface area (Å²) >= 11 is 0. The molecule has 0 amide bonds. The van der Waals surface area contributed by atoms with Gasteiger partial charge in [-0.15, -0.1) is 0 Å². The Kier molecular flexibility index (Phi) is 3.55. The Bertz CT molecular complexity index is 148. The van der Waals surface area contributed by atoms with E-state index in [0.717, 1.165) is 5.71 Å². The molecule has 0 aliphatic carbocycles. The van der Waals surface area contributed by atoms with Crippen molar-refractivity contribution in [3.8, 4) is 0 Å². The lowest BCUT2D eigenvalue weighted by Crippen LogP contribution is -1.88. The molecule has 1 nitrogen and oxygen atoms in total. The SMILES string of the molecule is C=CC=[N+]=C(C)C=C. The maximum absolute atomic E-state index is 3.92. The molecule has 0 bridgehead atoms. The average Bonchev–Trinajstić information content (AvgIpc) is 1.83. The van der Waals surface area contributed by atoms with E-state index < -0.39 is 0 Å². The highest BCUT2D eigenvalue weighted by molar-refractivity contribution is 5.93. The normalized spacial score (nSPS) is 6.62. The van der Waals surface area contributed by atoms with Gasteiger partial charge in [0.05, 0.1) is 0 Å². The predicted molar refractivity (Wildman–Crippen MR) is 39.3 cm³/mol. The van der Waals surface area contributed by atoms with E-state index in [0.29, 0.717) is 0 Å². The molecule has 0 unspecified atom stereocenters. The van der Waals surface area contributed by atoms with Crippen molar-refractivity contribution in [2.24, 2.45) is 0 Å². The monoisotopic (exact) mass is 108 g/mol. The molecule has 1 heteroatoms. The smallest absolute Gasteiger partial charge is 0.0980 e. The Morgan fingerprint density at radius 1 is 1.50 bits per heavy atom. The van der Waals surface area contributed by atoms with Gasteiger partial charge >= 0.3 is 0 Å². The van der Waals surface area contributed by atoms with E-state index in [2.05, 4.69) is 17.8 Å². The largest absolute Gasteiger partial charge is 0.300 e. The first-order valence-corrected chi connectivity index (χ1v) is 2.42. The van der Waals surface area contributed by atoms with Crippen LogP contribution in [0, 0.1) is 0 Å². The van der Waals surface area contributed by atoms with E-state index in [4.69, 9.17) is 0 Å². The Hall–Kier alpha value is -1.07. The maximum atomic E-state index is 3.92. The third kappa shape index (κ3) is 3.13. The fourth-order valence-corrected chi connectivity index (χ4v) is 0.223. The van der Waals surface area contributed by atoms with Crippen molar-refractivity contribution in [3.63, 3.8) is 0 Å². The Morgan fingerprint density at radius 2 is 2.12 bits per heavy atom. The van der Waals surface area contributed by atoms with Crippen LogP contribution in [-0.2, 0) is 0 Å². The number of hydrogen-bond acceptors (Lipinski definition) is 0. The van der Waals surface area contributed by atoms with Gasteiger partial charge in [0.1, 0.15) is 0 Å². The molecule has 0 rings (SSSR count). The van der Waals surface area contributed by atoms with Crippen molar-refractivity contribution in [2.75, 3.05) is 0 Å².